The van der Waals surface area contributed by atoms with E-state index < -0.39 is 0 Å². The zero-order chi connectivity index (χ0) is 16.8. The van der Waals surface area contributed by atoms with Crippen LogP contribution in [0.15, 0.2) is 36.4 Å². The first kappa shape index (κ1) is 15.3. The van der Waals surface area contributed by atoms with Crippen LogP contribution in [0.25, 0.3) is 11.1 Å². The molecule has 1 aliphatic carbocycles. The summed E-state index contributed by atoms with van der Waals surface area (Å²) in [5.41, 5.74) is 7.33. The normalized spacial score (nSPS) is 24.0. The van der Waals surface area contributed by atoms with Gasteiger partial charge in [0.2, 0.25) is 0 Å². The molecular weight excluding hydrogens is 308 g/mol. The van der Waals surface area contributed by atoms with Gasteiger partial charge in [0.05, 0.1) is 6.61 Å². The molecule has 2 heterocycles. The lowest BCUT2D eigenvalue weighted by Crippen LogP contribution is -2.51. The van der Waals surface area contributed by atoms with Gasteiger partial charge in [-0.25, -0.2) is 0 Å². The monoisotopic (exact) mass is 334 g/mol. The number of aryl methyl sites for hydroxylation is 1. The van der Waals surface area contributed by atoms with Crippen molar-refractivity contribution in [3.8, 4) is 16.9 Å². The number of hydrogen-bond acceptors (Lipinski definition) is 3. The highest BCUT2D eigenvalue weighted by Gasteiger charge is 2.43. The number of anilines is 1. The summed E-state index contributed by atoms with van der Waals surface area (Å²) < 4.78 is 5.95. The van der Waals surface area contributed by atoms with Crippen molar-refractivity contribution in [1.82, 2.24) is 5.32 Å². The van der Waals surface area contributed by atoms with Gasteiger partial charge in [-0.2, -0.15) is 0 Å². The van der Waals surface area contributed by atoms with Gasteiger partial charge < -0.3 is 15.0 Å². The Bertz CT molecular complexity index is 801. The Morgan fingerprint density at radius 1 is 1.16 bits per heavy atom. The Morgan fingerprint density at radius 2 is 2.08 bits per heavy atom. The van der Waals surface area contributed by atoms with Crippen LogP contribution in [0, 0.1) is 0 Å². The van der Waals surface area contributed by atoms with Crippen LogP contribution in [-0.4, -0.2) is 32.3 Å². The maximum atomic E-state index is 5.95. The molecule has 25 heavy (non-hydrogen) atoms. The summed E-state index contributed by atoms with van der Waals surface area (Å²) in [7, 11) is 0. The number of fused-ring (bicyclic) bond motifs is 3. The smallest absolute Gasteiger partial charge is 0.127 e. The molecule has 3 aliphatic rings. The molecule has 1 N–H and O–H groups in total. The predicted octanol–water partition coefficient (Wildman–Crippen LogP) is 3.96. The van der Waals surface area contributed by atoms with Crippen molar-refractivity contribution in [2.45, 2.75) is 38.1 Å². The molecule has 3 nitrogen and oxygen atoms in total. The van der Waals surface area contributed by atoms with Gasteiger partial charge in [-0.05, 0) is 43.4 Å². The Balaban J connectivity index is 1.72. The number of benzene rings is 2. The lowest BCUT2D eigenvalue weighted by molar-refractivity contribution is 0.341. The molecule has 0 bridgehead atoms. The molecule has 0 amide bonds. The van der Waals surface area contributed by atoms with Gasteiger partial charge in [0, 0.05) is 48.4 Å². The van der Waals surface area contributed by atoms with Crippen LogP contribution in [0.1, 0.15) is 36.8 Å². The standard InChI is InChI=1S/C22H26N2O/c1-2-25-20-9-4-3-7-16(20)17-11-10-15-6-5-8-18-19-14-23-12-13-24(19)22(17)21(15)18/h3-4,7,9-11,18-19,23H,2,5-6,8,12-14H2,1H3. The molecule has 2 aliphatic heterocycles. The molecule has 5 rings (SSSR count). The molecule has 130 valence electrons. The number of nitrogens with one attached hydrogen (secondary N) is 1. The van der Waals surface area contributed by atoms with Gasteiger partial charge in [0.15, 0.2) is 0 Å². The van der Waals surface area contributed by atoms with E-state index in [4.69, 9.17) is 4.74 Å². The Labute approximate surface area is 150 Å². The predicted molar refractivity (Wildman–Crippen MR) is 103 cm³/mol. The van der Waals surface area contributed by atoms with Gasteiger partial charge >= 0.3 is 0 Å². The van der Waals surface area contributed by atoms with Gasteiger partial charge in [0.25, 0.3) is 0 Å². The van der Waals surface area contributed by atoms with Crippen molar-refractivity contribution < 1.29 is 4.74 Å². The van der Waals surface area contributed by atoms with Gasteiger partial charge in [-0.1, -0.05) is 30.3 Å². The van der Waals surface area contributed by atoms with E-state index in [0.29, 0.717) is 18.6 Å². The Morgan fingerprint density at radius 3 is 3.00 bits per heavy atom. The second-order valence-electron chi connectivity index (χ2n) is 7.43. The lowest BCUT2D eigenvalue weighted by Gasteiger charge is -2.36. The van der Waals surface area contributed by atoms with Crippen LogP contribution in [0.2, 0.25) is 0 Å². The van der Waals surface area contributed by atoms with Crippen molar-refractivity contribution in [1.29, 1.82) is 0 Å². The van der Waals surface area contributed by atoms with Gasteiger partial charge in [-0.15, -0.1) is 0 Å². The number of hydrogen-bond donors (Lipinski definition) is 1. The summed E-state index contributed by atoms with van der Waals surface area (Å²) in [5.74, 6) is 1.71. The highest BCUT2D eigenvalue weighted by Crippen LogP contribution is 2.53. The van der Waals surface area contributed by atoms with Crippen LogP contribution < -0.4 is 15.0 Å². The number of nitrogens with zero attached hydrogens (tertiary/aromatic N) is 1. The van der Waals surface area contributed by atoms with E-state index in [2.05, 4.69) is 53.5 Å². The fraction of sp³-hybridized carbons (Fsp3) is 0.455. The average Bonchev–Trinajstić information content (AvgIpc) is 3.00. The van der Waals surface area contributed by atoms with E-state index in [1.807, 2.05) is 0 Å². The molecule has 2 aromatic rings. The molecule has 2 atom stereocenters. The van der Waals surface area contributed by atoms with E-state index >= 15 is 0 Å². The Kier molecular flexibility index (Phi) is 3.70. The highest BCUT2D eigenvalue weighted by molar-refractivity contribution is 5.88. The molecule has 0 aromatic heterocycles. The summed E-state index contributed by atoms with van der Waals surface area (Å²) in [6.07, 6.45) is 3.90. The van der Waals surface area contributed by atoms with E-state index in [9.17, 15) is 0 Å². The van der Waals surface area contributed by atoms with Crippen LogP contribution >= 0.6 is 0 Å². The molecule has 0 radical (unpaired) electrons. The Hall–Kier alpha value is -2.00. The average molecular weight is 334 g/mol. The summed E-state index contributed by atoms with van der Waals surface area (Å²) in [5, 5.41) is 3.62. The molecule has 0 saturated carbocycles. The topological polar surface area (TPSA) is 24.5 Å². The fourth-order valence-corrected chi connectivity index (χ4v) is 5.18. The molecular formula is C22H26N2O. The minimum absolute atomic E-state index is 0.628. The number of ether oxygens (including phenoxy) is 1. The van der Waals surface area contributed by atoms with Crippen molar-refractivity contribution in [3.05, 3.63) is 47.5 Å². The summed E-state index contributed by atoms with van der Waals surface area (Å²) in [6, 6.07) is 13.9. The maximum absolute atomic E-state index is 5.95. The molecule has 2 unspecified atom stereocenters. The van der Waals surface area contributed by atoms with E-state index in [1.54, 1.807) is 11.1 Å². The van der Waals surface area contributed by atoms with Gasteiger partial charge in [-0.3, -0.25) is 0 Å². The minimum atomic E-state index is 0.628. The zero-order valence-corrected chi connectivity index (χ0v) is 14.9. The first-order valence-electron chi connectivity index (χ1n) is 9.74. The number of piperazine rings is 1. The quantitative estimate of drug-likeness (QED) is 0.919. The van der Waals surface area contributed by atoms with E-state index in [0.717, 1.165) is 25.4 Å². The second-order valence-corrected chi connectivity index (χ2v) is 7.43. The molecule has 1 saturated heterocycles. The molecule has 1 fully saturated rings. The third kappa shape index (κ3) is 2.29. The fourth-order valence-electron chi connectivity index (χ4n) is 5.18. The van der Waals surface area contributed by atoms with Crippen molar-refractivity contribution >= 4 is 5.69 Å². The largest absolute Gasteiger partial charge is 0.493 e. The number of rotatable bonds is 3. The van der Waals surface area contributed by atoms with Crippen LogP contribution in [0.3, 0.4) is 0 Å². The van der Waals surface area contributed by atoms with Crippen LogP contribution in [-0.2, 0) is 6.42 Å². The molecule has 2 aromatic carbocycles. The maximum Gasteiger partial charge on any atom is 0.127 e. The zero-order valence-electron chi connectivity index (χ0n) is 14.9. The highest BCUT2D eigenvalue weighted by atomic mass is 16.5. The SMILES string of the molecule is CCOc1ccccc1-c1ccc2c3c1N1CCNCC1C3CCC2. The van der Waals surface area contributed by atoms with Gasteiger partial charge in [0.1, 0.15) is 5.75 Å². The van der Waals surface area contributed by atoms with Crippen molar-refractivity contribution in [3.63, 3.8) is 0 Å². The summed E-state index contributed by atoms with van der Waals surface area (Å²) >= 11 is 0. The van der Waals surface area contributed by atoms with E-state index in [1.165, 1.54) is 36.1 Å². The van der Waals surface area contributed by atoms with Crippen molar-refractivity contribution in [2.75, 3.05) is 31.1 Å². The van der Waals surface area contributed by atoms with E-state index in [-0.39, 0.29) is 0 Å². The summed E-state index contributed by atoms with van der Waals surface area (Å²) in [4.78, 5) is 2.70. The summed E-state index contributed by atoms with van der Waals surface area (Å²) in [6.45, 7) is 6.08. The molecule has 0 spiro atoms. The van der Waals surface area contributed by atoms with Crippen LogP contribution in [0.4, 0.5) is 5.69 Å². The first-order chi connectivity index (χ1) is 12.4. The molecule has 3 heteroatoms. The second kappa shape index (κ2) is 6.06. The third-order valence-corrected chi connectivity index (χ3v) is 6.15. The van der Waals surface area contributed by atoms with Crippen molar-refractivity contribution in [2.24, 2.45) is 0 Å². The number of para-hydroxylation sites is 1. The lowest BCUT2D eigenvalue weighted by atomic mass is 9.79. The van der Waals surface area contributed by atoms with Crippen LogP contribution in [0.5, 0.6) is 5.75 Å². The minimum Gasteiger partial charge on any atom is -0.493 e. The first-order valence-corrected chi connectivity index (χ1v) is 9.74. The third-order valence-electron chi connectivity index (χ3n) is 6.15.